The van der Waals surface area contributed by atoms with E-state index in [9.17, 15) is 14.4 Å². The average molecular weight is 439 g/mol. The van der Waals surface area contributed by atoms with Crippen molar-refractivity contribution in [1.82, 2.24) is 29.3 Å². The van der Waals surface area contributed by atoms with Crippen LogP contribution in [0.2, 0.25) is 5.15 Å². The highest BCUT2D eigenvalue weighted by Crippen LogP contribution is 2.35. The minimum atomic E-state index is -0.412. The van der Waals surface area contributed by atoms with E-state index in [1.54, 1.807) is 44.8 Å². The van der Waals surface area contributed by atoms with Crippen molar-refractivity contribution in [2.24, 2.45) is 0 Å². The average Bonchev–Trinajstić information content (AvgIpc) is 3.63. The molecule has 9 nitrogen and oxygen atoms in total. The first-order valence-electron chi connectivity index (χ1n) is 10.1. The first-order chi connectivity index (χ1) is 15.0. The van der Waals surface area contributed by atoms with Crippen molar-refractivity contribution < 1.29 is 9.59 Å². The quantitative estimate of drug-likeness (QED) is 0.577. The maximum Gasteiger partial charge on any atom is 0.284 e. The monoisotopic (exact) mass is 438 g/mol. The van der Waals surface area contributed by atoms with E-state index in [-0.39, 0.29) is 17.6 Å². The molecule has 158 valence electrons. The predicted molar refractivity (Wildman–Crippen MR) is 113 cm³/mol. The minimum Gasteiger partial charge on any atom is -0.335 e. The van der Waals surface area contributed by atoms with Crippen LogP contribution in [0.25, 0.3) is 11.2 Å². The van der Waals surface area contributed by atoms with Gasteiger partial charge in [0.1, 0.15) is 10.7 Å². The maximum atomic E-state index is 13.1. The van der Waals surface area contributed by atoms with Gasteiger partial charge in [0.25, 0.3) is 17.4 Å². The zero-order chi connectivity index (χ0) is 21.5. The molecular formula is C21H19ClN6O3. The Hall–Kier alpha value is -3.33. The Kier molecular flexibility index (Phi) is 4.90. The number of carbonyl (C=O) groups is 2. The van der Waals surface area contributed by atoms with Gasteiger partial charge in [-0.3, -0.25) is 19.0 Å². The van der Waals surface area contributed by atoms with Crippen molar-refractivity contribution in [1.29, 1.82) is 0 Å². The highest BCUT2D eigenvalue weighted by atomic mass is 35.5. The summed E-state index contributed by atoms with van der Waals surface area (Å²) in [5.74, 6) is -0.576. The summed E-state index contributed by atoms with van der Waals surface area (Å²) in [6, 6.07) is 6.76. The molecule has 3 aromatic rings. The normalized spacial score (nSPS) is 16.5. The molecule has 4 heterocycles. The molecule has 0 radical (unpaired) electrons. The molecule has 2 fully saturated rings. The molecule has 0 spiro atoms. The lowest BCUT2D eigenvalue weighted by Crippen LogP contribution is -2.51. The minimum absolute atomic E-state index is 0.0712. The van der Waals surface area contributed by atoms with Gasteiger partial charge in [-0.2, -0.15) is 0 Å². The number of rotatable bonds is 3. The standard InChI is InChI=1S/C21H19ClN6O3/c22-16-6-3-13(12-24-16)19(29)26-8-10-27(11-9-26)20(30)17-21(31)28(14-4-5-14)18-15(25-17)2-1-7-23-18/h1-3,6-7,12,14H,4-5,8-11H2. The van der Waals surface area contributed by atoms with Crippen molar-refractivity contribution >= 4 is 34.6 Å². The number of aromatic nitrogens is 4. The molecular weight excluding hydrogens is 420 g/mol. The summed E-state index contributed by atoms with van der Waals surface area (Å²) < 4.78 is 1.60. The van der Waals surface area contributed by atoms with E-state index in [1.165, 1.54) is 6.20 Å². The Balaban J connectivity index is 1.36. The van der Waals surface area contributed by atoms with Crippen molar-refractivity contribution in [3.05, 3.63) is 63.4 Å². The van der Waals surface area contributed by atoms with Gasteiger partial charge < -0.3 is 9.80 Å². The molecule has 0 aromatic carbocycles. The van der Waals surface area contributed by atoms with E-state index < -0.39 is 11.5 Å². The van der Waals surface area contributed by atoms with Crippen LogP contribution in [0, 0.1) is 0 Å². The number of hydrogen-bond acceptors (Lipinski definition) is 6. The third-order valence-electron chi connectivity index (χ3n) is 5.59. The molecule has 1 saturated carbocycles. The number of hydrogen-bond donors (Lipinski definition) is 0. The molecule has 0 bridgehead atoms. The summed E-state index contributed by atoms with van der Waals surface area (Å²) in [4.78, 5) is 54.7. The molecule has 2 amide bonds. The SMILES string of the molecule is O=C(c1ccc(Cl)nc1)N1CCN(C(=O)c2nc3cccnc3n(C3CC3)c2=O)CC1. The lowest BCUT2D eigenvalue weighted by Gasteiger charge is -2.34. The Morgan fingerprint density at radius 3 is 2.32 bits per heavy atom. The van der Waals surface area contributed by atoms with Crippen molar-refractivity contribution in [3.8, 4) is 0 Å². The summed E-state index contributed by atoms with van der Waals surface area (Å²) in [5, 5.41) is 0.321. The summed E-state index contributed by atoms with van der Waals surface area (Å²) >= 11 is 5.78. The third-order valence-corrected chi connectivity index (χ3v) is 5.81. The van der Waals surface area contributed by atoms with Gasteiger partial charge in [0.2, 0.25) is 0 Å². The second-order valence-electron chi connectivity index (χ2n) is 7.67. The maximum absolute atomic E-state index is 13.1. The number of carbonyl (C=O) groups excluding carboxylic acids is 2. The zero-order valence-electron chi connectivity index (χ0n) is 16.6. The molecule has 0 N–H and O–H groups in total. The highest BCUT2D eigenvalue weighted by molar-refractivity contribution is 6.29. The lowest BCUT2D eigenvalue weighted by molar-refractivity contribution is 0.0531. The number of amides is 2. The second kappa shape index (κ2) is 7.73. The van der Waals surface area contributed by atoms with Crippen LogP contribution in [-0.2, 0) is 0 Å². The zero-order valence-corrected chi connectivity index (χ0v) is 17.3. The van der Waals surface area contributed by atoms with Crippen molar-refractivity contribution in [2.75, 3.05) is 26.2 Å². The summed E-state index contributed by atoms with van der Waals surface area (Å²) in [7, 11) is 0. The van der Waals surface area contributed by atoms with E-state index in [2.05, 4.69) is 15.0 Å². The van der Waals surface area contributed by atoms with E-state index in [0.29, 0.717) is 48.1 Å². The van der Waals surface area contributed by atoms with Gasteiger partial charge in [-0.15, -0.1) is 0 Å². The molecule has 3 aromatic heterocycles. The van der Waals surface area contributed by atoms with Gasteiger partial charge in [-0.25, -0.2) is 15.0 Å². The smallest absolute Gasteiger partial charge is 0.284 e. The van der Waals surface area contributed by atoms with Crippen LogP contribution in [0.1, 0.15) is 39.7 Å². The molecule has 31 heavy (non-hydrogen) atoms. The van der Waals surface area contributed by atoms with Crippen LogP contribution in [0.4, 0.5) is 0 Å². The number of pyridine rings is 2. The summed E-state index contributed by atoms with van der Waals surface area (Å²) in [6.45, 7) is 1.36. The largest absolute Gasteiger partial charge is 0.335 e. The Morgan fingerprint density at radius 1 is 0.968 bits per heavy atom. The van der Waals surface area contributed by atoms with Crippen molar-refractivity contribution in [3.63, 3.8) is 0 Å². The highest BCUT2D eigenvalue weighted by Gasteiger charge is 2.32. The summed E-state index contributed by atoms with van der Waals surface area (Å²) in [6.07, 6.45) is 4.85. The van der Waals surface area contributed by atoms with Crippen LogP contribution in [0.5, 0.6) is 0 Å². The van der Waals surface area contributed by atoms with Crippen LogP contribution in [0.15, 0.2) is 41.5 Å². The number of halogens is 1. The molecule has 0 unspecified atom stereocenters. The van der Waals surface area contributed by atoms with Crippen molar-refractivity contribution in [2.45, 2.75) is 18.9 Å². The second-order valence-corrected chi connectivity index (χ2v) is 8.05. The predicted octanol–water partition coefficient (Wildman–Crippen LogP) is 1.77. The van der Waals surface area contributed by atoms with Crippen LogP contribution < -0.4 is 5.56 Å². The first kappa shape index (κ1) is 19.6. The van der Waals surface area contributed by atoms with Crippen LogP contribution in [-0.4, -0.2) is 67.3 Å². The van der Waals surface area contributed by atoms with E-state index in [0.717, 1.165) is 12.8 Å². The fraction of sp³-hybridized carbons (Fsp3) is 0.333. The van der Waals surface area contributed by atoms with Gasteiger partial charge >= 0.3 is 0 Å². The molecule has 5 rings (SSSR count). The van der Waals surface area contributed by atoms with Gasteiger partial charge in [-0.05, 0) is 37.1 Å². The van der Waals surface area contributed by atoms with Gasteiger partial charge in [-0.1, -0.05) is 11.6 Å². The Bertz CT molecular complexity index is 1230. The van der Waals surface area contributed by atoms with E-state index >= 15 is 0 Å². The van der Waals surface area contributed by atoms with E-state index in [1.807, 2.05) is 0 Å². The molecule has 0 atom stereocenters. The third kappa shape index (κ3) is 3.65. The topological polar surface area (TPSA) is 101 Å². The fourth-order valence-electron chi connectivity index (χ4n) is 3.80. The number of fused-ring (bicyclic) bond motifs is 1. The molecule has 2 aliphatic rings. The molecule has 1 saturated heterocycles. The van der Waals surface area contributed by atoms with Gasteiger partial charge in [0, 0.05) is 44.6 Å². The number of piperazine rings is 1. The van der Waals surface area contributed by atoms with E-state index in [4.69, 9.17) is 11.6 Å². The Labute approximate surface area is 182 Å². The molecule has 1 aliphatic heterocycles. The van der Waals surface area contributed by atoms with Gasteiger partial charge in [0.15, 0.2) is 11.3 Å². The number of nitrogens with zero attached hydrogens (tertiary/aromatic N) is 6. The Morgan fingerprint density at radius 2 is 1.68 bits per heavy atom. The fourth-order valence-corrected chi connectivity index (χ4v) is 3.91. The van der Waals surface area contributed by atoms with Gasteiger partial charge in [0.05, 0.1) is 5.56 Å². The molecule has 10 heteroatoms. The summed E-state index contributed by atoms with van der Waals surface area (Å²) in [5.41, 5.74) is 0.999. The van der Waals surface area contributed by atoms with Crippen LogP contribution >= 0.6 is 11.6 Å². The first-order valence-corrected chi connectivity index (χ1v) is 10.5. The molecule has 1 aliphatic carbocycles. The van der Waals surface area contributed by atoms with Crippen LogP contribution in [0.3, 0.4) is 0 Å². The lowest BCUT2D eigenvalue weighted by atomic mass is 10.2.